The molecule has 12 nitrogen and oxygen atoms in total. The number of halogens is 4. The lowest BCUT2D eigenvalue weighted by molar-refractivity contribution is -0.384. The number of anilines is 1. The third-order valence-electron chi connectivity index (χ3n) is 6.97. The number of nitro groups is 1. The lowest BCUT2D eigenvalue weighted by Crippen LogP contribution is -2.43. The number of nitrogen functional groups attached to an aromatic ring is 1. The van der Waals surface area contributed by atoms with Crippen molar-refractivity contribution in [3.63, 3.8) is 0 Å². The molecule has 262 valence electrons. The summed E-state index contributed by atoms with van der Waals surface area (Å²) in [7, 11) is 2.45. The largest absolute Gasteiger partial charge is 0.467 e. The number of nitrogens with one attached hydrogen (secondary N) is 2. The summed E-state index contributed by atoms with van der Waals surface area (Å²) in [5.41, 5.74) is 7.78. The van der Waals surface area contributed by atoms with Crippen LogP contribution in [0.5, 0.6) is 0 Å². The number of hydrogen-bond donors (Lipinski definition) is 3. The van der Waals surface area contributed by atoms with E-state index >= 15 is 0 Å². The molecule has 16 heteroatoms. The number of esters is 2. The topological polar surface area (TPSA) is 180 Å². The summed E-state index contributed by atoms with van der Waals surface area (Å²) in [6.45, 7) is 0. The fourth-order valence-electron chi connectivity index (χ4n) is 4.44. The zero-order chi connectivity index (χ0) is 37.0. The molecule has 2 amide bonds. The maximum atomic E-state index is 12.5. The molecule has 0 saturated carbocycles. The second-order valence-corrected chi connectivity index (χ2v) is 12.0. The van der Waals surface area contributed by atoms with E-state index in [4.69, 9.17) is 61.6 Å². The third-order valence-corrected chi connectivity index (χ3v) is 8.23. The van der Waals surface area contributed by atoms with E-state index in [0.29, 0.717) is 11.3 Å². The van der Waals surface area contributed by atoms with Crippen LogP contribution in [-0.2, 0) is 31.9 Å². The minimum atomic E-state index is -1.01. The summed E-state index contributed by atoms with van der Waals surface area (Å²) in [6.07, 6.45) is 0.333. The van der Waals surface area contributed by atoms with Gasteiger partial charge in [0.15, 0.2) is 0 Å². The van der Waals surface area contributed by atoms with Crippen LogP contribution in [0.1, 0.15) is 31.8 Å². The van der Waals surface area contributed by atoms with E-state index in [0.717, 1.165) is 5.56 Å². The lowest BCUT2D eigenvalue weighted by atomic mass is 10.0. The second-order valence-electron chi connectivity index (χ2n) is 10.4. The van der Waals surface area contributed by atoms with Gasteiger partial charge in [0.05, 0.1) is 50.4 Å². The average molecular weight is 764 g/mol. The smallest absolute Gasteiger partial charge is 0.328 e. The van der Waals surface area contributed by atoms with Crippen LogP contribution in [0.15, 0.2) is 84.9 Å². The number of rotatable bonds is 11. The van der Waals surface area contributed by atoms with Crippen LogP contribution in [0.25, 0.3) is 0 Å². The zero-order valence-electron chi connectivity index (χ0n) is 26.5. The van der Waals surface area contributed by atoms with E-state index in [9.17, 15) is 29.3 Å². The highest BCUT2D eigenvalue weighted by atomic mass is 35.5. The highest BCUT2D eigenvalue weighted by Gasteiger charge is 2.26. The first kappa shape index (κ1) is 39.6. The Morgan fingerprint density at radius 3 is 1.32 bits per heavy atom. The molecule has 0 aliphatic carbocycles. The van der Waals surface area contributed by atoms with Gasteiger partial charge in [-0.25, -0.2) is 9.59 Å². The highest BCUT2D eigenvalue weighted by molar-refractivity contribution is 6.40. The van der Waals surface area contributed by atoms with Crippen molar-refractivity contribution in [3.05, 3.63) is 137 Å². The molecule has 0 unspecified atom stereocenters. The number of non-ortho nitro benzene ring substituents is 1. The SMILES string of the molecule is COC(=O)[C@H](Cc1ccc(N)cc1)NC(=O)c1c(Cl)cccc1Cl.COC(=O)[C@H](Cc1ccc([N+](=O)[O-])cc1)NC(=O)c1c(Cl)cccc1Cl. The number of carbonyl (C=O) groups is 4. The van der Waals surface area contributed by atoms with Gasteiger partial charge in [-0.15, -0.1) is 0 Å². The summed E-state index contributed by atoms with van der Waals surface area (Å²) in [5, 5.41) is 16.6. The monoisotopic (exact) mass is 762 g/mol. The Balaban J connectivity index is 0.000000271. The van der Waals surface area contributed by atoms with Crippen LogP contribution in [-0.4, -0.2) is 55.0 Å². The molecule has 2 atom stereocenters. The molecule has 4 N–H and O–H groups in total. The zero-order valence-corrected chi connectivity index (χ0v) is 29.5. The first-order valence-electron chi connectivity index (χ1n) is 14.5. The van der Waals surface area contributed by atoms with Crippen LogP contribution >= 0.6 is 46.4 Å². The van der Waals surface area contributed by atoms with Crippen molar-refractivity contribution in [2.75, 3.05) is 20.0 Å². The fourth-order valence-corrected chi connectivity index (χ4v) is 5.58. The number of carbonyl (C=O) groups excluding carboxylic acids is 4. The van der Waals surface area contributed by atoms with Gasteiger partial charge in [-0.05, 0) is 47.5 Å². The predicted molar refractivity (Wildman–Crippen MR) is 191 cm³/mol. The summed E-state index contributed by atoms with van der Waals surface area (Å²) in [5.74, 6) is -2.41. The predicted octanol–water partition coefficient (Wildman–Crippen LogP) is 6.51. The number of ether oxygens (including phenoxy) is 2. The van der Waals surface area contributed by atoms with Crippen molar-refractivity contribution in [2.24, 2.45) is 0 Å². The number of nitro benzene ring substituents is 1. The van der Waals surface area contributed by atoms with Crippen molar-refractivity contribution < 1.29 is 33.6 Å². The highest BCUT2D eigenvalue weighted by Crippen LogP contribution is 2.25. The van der Waals surface area contributed by atoms with E-state index in [-0.39, 0.29) is 49.7 Å². The van der Waals surface area contributed by atoms with E-state index < -0.39 is 40.8 Å². The molecular weight excluding hydrogens is 734 g/mol. The normalized spacial score (nSPS) is 11.6. The quantitative estimate of drug-likeness (QED) is 0.0665. The minimum absolute atomic E-state index is 0.0495. The van der Waals surface area contributed by atoms with Gasteiger partial charge in [-0.2, -0.15) is 0 Å². The number of nitrogens with two attached hydrogens (primary N) is 1. The molecule has 0 saturated heterocycles. The average Bonchev–Trinajstić information content (AvgIpc) is 3.08. The van der Waals surface area contributed by atoms with E-state index in [1.807, 2.05) is 0 Å². The van der Waals surface area contributed by atoms with E-state index in [2.05, 4.69) is 10.6 Å². The Kier molecular flexibility index (Phi) is 14.8. The van der Waals surface area contributed by atoms with Crippen LogP contribution in [0, 0.1) is 10.1 Å². The summed E-state index contributed by atoms with van der Waals surface area (Å²) < 4.78 is 9.48. The Morgan fingerprint density at radius 2 is 1.00 bits per heavy atom. The minimum Gasteiger partial charge on any atom is -0.467 e. The van der Waals surface area contributed by atoms with Crippen LogP contribution < -0.4 is 16.4 Å². The Morgan fingerprint density at radius 1 is 0.660 bits per heavy atom. The molecule has 0 heterocycles. The molecule has 0 fully saturated rings. The van der Waals surface area contributed by atoms with E-state index in [1.54, 1.807) is 48.5 Å². The van der Waals surface area contributed by atoms with Crippen molar-refractivity contribution in [1.29, 1.82) is 0 Å². The first-order valence-corrected chi connectivity index (χ1v) is 16.0. The van der Waals surface area contributed by atoms with Gasteiger partial charge in [-0.1, -0.05) is 82.8 Å². The maximum absolute atomic E-state index is 12.5. The van der Waals surface area contributed by atoms with Crippen LogP contribution in [0.2, 0.25) is 20.1 Å². The third kappa shape index (κ3) is 11.1. The van der Waals surface area contributed by atoms with Gasteiger partial charge in [0.25, 0.3) is 17.5 Å². The molecule has 50 heavy (non-hydrogen) atoms. The van der Waals surface area contributed by atoms with Gasteiger partial charge in [-0.3, -0.25) is 19.7 Å². The van der Waals surface area contributed by atoms with Crippen LogP contribution in [0.3, 0.4) is 0 Å². The maximum Gasteiger partial charge on any atom is 0.328 e. The molecule has 0 bridgehead atoms. The van der Waals surface area contributed by atoms with Gasteiger partial charge in [0, 0.05) is 30.7 Å². The first-order chi connectivity index (χ1) is 23.7. The molecule has 0 aromatic heterocycles. The van der Waals surface area contributed by atoms with Gasteiger partial charge >= 0.3 is 11.9 Å². The second kappa shape index (κ2) is 18.8. The molecule has 0 aliphatic heterocycles. The molecule has 0 aliphatic rings. The number of benzene rings is 4. The molecule has 0 spiro atoms. The van der Waals surface area contributed by atoms with Crippen molar-refractivity contribution in [3.8, 4) is 0 Å². The molecule has 4 aromatic carbocycles. The van der Waals surface area contributed by atoms with Crippen LogP contribution in [0.4, 0.5) is 11.4 Å². The standard InChI is InChI=1S/C17H14Cl2N2O5.C17H16Cl2N2O3/c1-26-17(23)14(9-10-5-7-11(8-6-10)21(24)25)20-16(22)15-12(18)3-2-4-13(15)19;1-24-17(23)14(9-10-5-7-11(20)8-6-10)21-16(22)15-12(18)3-2-4-13(15)19/h2-8,14H,9H2,1H3,(H,20,22);2-8,14H,9,20H2,1H3,(H,21,22)/t2*14-/m00/s1. The fraction of sp³-hybridized carbons (Fsp3) is 0.176. The van der Waals surface area contributed by atoms with Gasteiger partial charge in [0.1, 0.15) is 12.1 Å². The van der Waals surface area contributed by atoms with Gasteiger partial charge in [0.2, 0.25) is 0 Å². The molecular formula is C34H30Cl4N4O8. The number of methoxy groups -OCH3 is 2. The number of hydrogen-bond acceptors (Lipinski definition) is 9. The lowest BCUT2D eigenvalue weighted by Gasteiger charge is -2.17. The summed E-state index contributed by atoms with van der Waals surface area (Å²) in [4.78, 5) is 59.1. The summed E-state index contributed by atoms with van der Waals surface area (Å²) in [6, 6.07) is 20.1. The molecule has 4 rings (SSSR count). The molecule has 4 aromatic rings. The number of nitrogens with zero attached hydrogens (tertiary/aromatic N) is 1. The van der Waals surface area contributed by atoms with E-state index in [1.165, 1.54) is 50.6 Å². The summed E-state index contributed by atoms with van der Waals surface area (Å²) >= 11 is 24.1. The van der Waals surface area contributed by atoms with Crippen molar-refractivity contribution >= 4 is 81.5 Å². The Labute approximate surface area is 306 Å². The number of amides is 2. The Hall–Kier alpha value is -4.88. The van der Waals surface area contributed by atoms with Crippen molar-refractivity contribution in [1.82, 2.24) is 10.6 Å². The Bertz CT molecular complexity index is 1820. The van der Waals surface area contributed by atoms with Crippen molar-refractivity contribution in [2.45, 2.75) is 24.9 Å². The van der Waals surface area contributed by atoms with Gasteiger partial charge < -0.3 is 25.8 Å². The molecule has 0 radical (unpaired) electrons.